The first-order valence-electron chi connectivity index (χ1n) is 7.00. The summed E-state index contributed by atoms with van der Waals surface area (Å²) in [4.78, 5) is 19.2. The van der Waals surface area contributed by atoms with E-state index >= 15 is 0 Å². The summed E-state index contributed by atoms with van der Waals surface area (Å²) in [5.41, 5.74) is 1.74. The highest BCUT2D eigenvalue weighted by Gasteiger charge is 2.26. The molecule has 3 rings (SSSR count). The minimum atomic E-state index is -0.988. The van der Waals surface area contributed by atoms with Crippen LogP contribution in [0.2, 0.25) is 0 Å². The average molecular weight is 328 g/mol. The van der Waals surface area contributed by atoms with Gasteiger partial charge in [-0.1, -0.05) is 0 Å². The summed E-state index contributed by atoms with van der Waals surface area (Å²) in [7, 11) is 1.57. The van der Waals surface area contributed by atoms with E-state index in [1.807, 2.05) is 6.07 Å². The molecule has 1 aliphatic heterocycles. The molecule has 0 radical (unpaired) electrons. The van der Waals surface area contributed by atoms with Crippen molar-refractivity contribution in [3.63, 3.8) is 0 Å². The Hall–Kier alpha value is -1.86. The molecule has 0 aliphatic carbocycles. The maximum Gasteiger partial charge on any atom is 0.254 e. The number of alkyl halides is 1. The molecule has 2 atom stereocenters. The number of H-pyrrole nitrogens is 1. The zero-order chi connectivity index (χ0) is 14.8. The number of anilines is 1. The lowest BCUT2D eigenvalue weighted by molar-refractivity contribution is 0.0963. The fraction of sp³-hybridized carbons (Fsp3) is 0.429. The van der Waals surface area contributed by atoms with Crippen LogP contribution in [-0.2, 0) is 0 Å². The van der Waals surface area contributed by atoms with E-state index in [9.17, 15) is 9.18 Å². The van der Waals surface area contributed by atoms with Crippen LogP contribution < -0.4 is 16.0 Å². The van der Waals surface area contributed by atoms with Crippen LogP contribution in [0.5, 0.6) is 0 Å². The van der Waals surface area contributed by atoms with Crippen LogP contribution in [0.3, 0.4) is 0 Å². The van der Waals surface area contributed by atoms with Crippen LogP contribution in [-0.4, -0.2) is 48.2 Å². The Morgan fingerprint density at radius 1 is 1.50 bits per heavy atom. The molecule has 2 aromatic rings. The number of hydrogen-bond acceptors (Lipinski definition) is 4. The summed E-state index contributed by atoms with van der Waals surface area (Å²) in [6, 6.07) is 1.53. The highest BCUT2D eigenvalue weighted by molar-refractivity contribution is 6.06. The van der Waals surface area contributed by atoms with Gasteiger partial charge in [-0.05, 0) is 19.0 Å². The van der Waals surface area contributed by atoms with E-state index in [0.717, 1.165) is 11.9 Å². The number of carbonyl (C=O) groups is 1. The van der Waals surface area contributed by atoms with Crippen LogP contribution in [0.1, 0.15) is 16.8 Å². The molecule has 3 heterocycles. The van der Waals surface area contributed by atoms with E-state index in [4.69, 9.17) is 0 Å². The number of halogens is 2. The monoisotopic (exact) mass is 327 g/mol. The fourth-order valence-corrected chi connectivity index (χ4v) is 2.64. The number of carbonyl (C=O) groups excluding carboxylic acids is 1. The molecule has 4 N–H and O–H groups in total. The van der Waals surface area contributed by atoms with Crippen molar-refractivity contribution in [1.82, 2.24) is 20.6 Å². The molecule has 1 aliphatic rings. The molecular weight excluding hydrogens is 309 g/mol. The topological polar surface area (TPSA) is 81.8 Å². The largest absolute Gasteiger partial charge is 0.378 e. The third kappa shape index (κ3) is 3.00. The van der Waals surface area contributed by atoms with Crippen LogP contribution in [0.25, 0.3) is 11.0 Å². The predicted octanol–water partition coefficient (Wildman–Crippen LogP) is 1.46. The average Bonchev–Trinajstić information content (AvgIpc) is 2.98. The molecule has 0 unspecified atom stereocenters. The minimum Gasteiger partial charge on any atom is -0.378 e. The first-order valence-corrected chi connectivity index (χ1v) is 7.00. The maximum absolute atomic E-state index is 14.0. The number of nitrogens with one attached hydrogen (secondary N) is 4. The first-order chi connectivity index (χ1) is 10.2. The Morgan fingerprint density at radius 3 is 3.05 bits per heavy atom. The van der Waals surface area contributed by atoms with Gasteiger partial charge in [-0.2, -0.15) is 0 Å². The summed E-state index contributed by atoms with van der Waals surface area (Å²) in [6.07, 6.45) is 2.95. The highest BCUT2D eigenvalue weighted by atomic mass is 35.5. The predicted molar refractivity (Wildman–Crippen MR) is 86.5 cm³/mol. The Balaban J connectivity index is 0.00000176. The number of aromatic amines is 1. The van der Waals surface area contributed by atoms with E-state index in [1.165, 1.54) is 6.20 Å². The number of pyridine rings is 1. The lowest BCUT2D eigenvalue weighted by Gasteiger charge is -2.29. The van der Waals surface area contributed by atoms with Crippen molar-refractivity contribution in [2.75, 3.05) is 25.5 Å². The Kier molecular flexibility index (Phi) is 5.20. The van der Waals surface area contributed by atoms with E-state index in [1.54, 1.807) is 13.2 Å². The van der Waals surface area contributed by atoms with Crippen molar-refractivity contribution in [3.8, 4) is 0 Å². The zero-order valence-electron chi connectivity index (χ0n) is 12.1. The number of fused-ring (bicyclic) bond motifs is 1. The molecule has 22 heavy (non-hydrogen) atoms. The lowest BCUT2D eigenvalue weighted by atomic mass is 10.0. The van der Waals surface area contributed by atoms with Gasteiger partial charge in [-0.15, -0.1) is 12.4 Å². The summed E-state index contributed by atoms with van der Waals surface area (Å²) in [5.74, 6) is -0.238. The minimum absolute atomic E-state index is 0. The smallest absolute Gasteiger partial charge is 0.254 e. The first kappa shape index (κ1) is 16.5. The van der Waals surface area contributed by atoms with Gasteiger partial charge in [0.25, 0.3) is 5.91 Å². The maximum atomic E-state index is 14.0. The van der Waals surface area contributed by atoms with Crippen molar-refractivity contribution in [1.29, 1.82) is 0 Å². The standard InChI is InChI=1S/C14H18FN5O.ClH/c1-16-14(21)9-6-19-13-8(2-5-18-13)12(9)20-11-3-4-17-7-10(11)15;/h2,5-6,10-11,17H,3-4,7H2,1H3,(H,16,21)(H2,18,19,20);1H/t10-,11-;/m1./s1. The van der Waals surface area contributed by atoms with Crippen molar-refractivity contribution in [2.45, 2.75) is 18.6 Å². The van der Waals surface area contributed by atoms with Gasteiger partial charge in [0.2, 0.25) is 0 Å². The number of aromatic nitrogens is 2. The molecule has 120 valence electrons. The number of nitrogens with zero attached hydrogens (tertiary/aromatic N) is 1. The van der Waals surface area contributed by atoms with Crippen molar-refractivity contribution >= 4 is 35.0 Å². The number of amides is 1. The van der Waals surface area contributed by atoms with E-state index in [2.05, 4.69) is 25.9 Å². The summed E-state index contributed by atoms with van der Waals surface area (Å²) in [5, 5.41) is 9.61. The molecule has 0 aromatic carbocycles. The van der Waals surface area contributed by atoms with E-state index < -0.39 is 6.17 Å². The third-order valence-corrected chi connectivity index (χ3v) is 3.80. The van der Waals surface area contributed by atoms with Crippen LogP contribution in [0, 0.1) is 0 Å². The molecule has 0 spiro atoms. The number of hydrogen-bond donors (Lipinski definition) is 4. The Morgan fingerprint density at radius 2 is 2.32 bits per heavy atom. The van der Waals surface area contributed by atoms with E-state index in [-0.39, 0.29) is 24.4 Å². The summed E-state index contributed by atoms with van der Waals surface area (Å²) < 4.78 is 14.0. The summed E-state index contributed by atoms with van der Waals surface area (Å²) in [6.45, 7) is 1.09. The summed E-state index contributed by atoms with van der Waals surface area (Å²) >= 11 is 0. The molecule has 0 bridgehead atoms. The fourth-order valence-electron chi connectivity index (χ4n) is 2.64. The second-order valence-electron chi connectivity index (χ2n) is 5.13. The number of piperidine rings is 1. The van der Waals surface area contributed by atoms with Crippen molar-refractivity contribution < 1.29 is 9.18 Å². The van der Waals surface area contributed by atoms with Gasteiger partial charge in [0.05, 0.1) is 17.3 Å². The van der Waals surface area contributed by atoms with Crippen molar-refractivity contribution in [3.05, 3.63) is 24.0 Å². The number of rotatable bonds is 3. The zero-order valence-corrected chi connectivity index (χ0v) is 13.0. The molecule has 8 heteroatoms. The van der Waals surface area contributed by atoms with Gasteiger partial charge < -0.3 is 20.9 Å². The molecule has 0 saturated carbocycles. The Bertz CT molecular complexity index is 662. The van der Waals surface area contributed by atoms with Crippen LogP contribution in [0.4, 0.5) is 10.1 Å². The lowest BCUT2D eigenvalue weighted by Crippen LogP contribution is -2.45. The van der Waals surface area contributed by atoms with Gasteiger partial charge in [0.15, 0.2) is 0 Å². The van der Waals surface area contributed by atoms with Crippen LogP contribution >= 0.6 is 12.4 Å². The molecule has 2 aromatic heterocycles. The van der Waals surface area contributed by atoms with Gasteiger partial charge in [-0.3, -0.25) is 4.79 Å². The second kappa shape index (κ2) is 6.93. The van der Waals surface area contributed by atoms with Gasteiger partial charge in [-0.25, -0.2) is 9.37 Å². The molecule has 1 fully saturated rings. The highest BCUT2D eigenvalue weighted by Crippen LogP contribution is 2.27. The van der Waals surface area contributed by atoms with Crippen molar-refractivity contribution in [2.24, 2.45) is 0 Å². The van der Waals surface area contributed by atoms with Gasteiger partial charge in [0.1, 0.15) is 11.8 Å². The molecule has 1 saturated heterocycles. The molecule has 1 amide bonds. The quantitative estimate of drug-likeness (QED) is 0.688. The molecule has 6 nitrogen and oxygen atoms in total. The molecular formula is C14H19ClFN5O. The Labute approximate surface area is 133 Å². The second-order valence-corrected chi connectivity index (χ2v) is 5.13. The van der Waals surface area contributed by atoms with Gasteiger partial charge >= 0.3 is 0 Å². The van der Waals surface area contributed by atoms with Gasteiger partial charge in [0, 0.05) is 31.4 Å². The third-order valence-electron chi connectivity index (χ3n) is 3.80. The normalized spacial score (nSPS) is 21.2. The van der Waals surface area contributed by atoms with Crippen LogP contribution in [0.15, 0.2) is 18.5 Å². The van der Waals surface area contributed by atoms with E-state index in [0.29, 0.717) is 29.9 Å². The SMILES string of the molecule is CNC(=O)c1cnc2[nH]ccc2c1N[C@@H]1CCNC[C@H]1F.Cl.